The van der Waals surface area contributed by atoms with Gasteiger partial charge in [0.25, 0.3) is 40.5 Å². The number of unbranched alkanes of at least 4 members (excludes halogenated alkanes) is 2. The van der Waals surface area contributed by atoms with Gasteiger partial charge in [0.15, 0.2) is 0 Å². The number of carboxylic acids is 4. The first kappa shape index (κ1) is 66.4. The average Bonchev–Trinajstić information content (AvgIpc) is 3.18. The van der Waals surface area contributed by atoms with Gasteiger partial charge < -0.3 is 51.1 Å². The number of carboxylic acid groups (broad SMARTS) is 4. The number of aromatic carboxylic acids is 4. The van der Waals surface area contributed by atoms with Gasteiger partial charge in [-0.3, -0.25) is 18.2 Å². The van der Waals surface area contributed by atoms with E-state index in [0.29, 0.717) is 37.5 Å². The zero-order valence-corrected chi connectivity index (χ0v) is 41.4. The van der Waals surface area contributed by atoms with Gasteiger partial charge in [-0.05, 0) is 85.6 Å². The summed E-state index contributed by atoms with van der Waals surface area (Å²) in [6.45, 7) is 4.79. The van der Waals surface area contributed by atoms with Crippen molar-refractivity contribution in [1.29, 1.82) is 0 Å². The Labute approximate surface area is 424 Å². The van der Waals surface area contributed by atoms with Gasteiger partial charge in [0.05, 0.1) is 19.6 Å². The Kier molecular flexibility index (Phi) is 30.3. The van der Waals surface area contributed by atoms with E-state index in [4.69, 9.17) is 69.3 Å². The molecule has 0 bridgehead atoms. The van der Waals surface area contributed by atoms with Crippen molar-refractivity contribution >= 4 is 116 Å². The molecule has 0 aliphatic heterocycles. The number of aromatic hydroxyl groups is 4. The second kappa shape index (κ2) is 30.5. The molecule has 0 aromatic heterocycles. The molecule has 1 radical (unpaired) electrons. The zero-order chi connectivity index (χ0) is 52.0. The second-order valence-corrected chi connectivity index (χ2v) is 17.7. The summed E-state index contributed by atoms with van der Waals surface area (Å²) in [6.07, 6.45) is 4.08. The van der Waals surface area contributed by atoms with Crippen molar-refractivity contribution in [2.24, 2.45) is 0 Å². The summed E-state index contributed by atoms with van der Waals surface area (Å²) in [7, 11) is -17.8. The molecular weight excluding hydrogens is 1020 g/mol. The molecule has 14 N–H and O–H groups in total. The van der Waals surface area contributed by atoms with E-state index in [1.807, 2.05) is 0 Å². The second-order valence-electron chi connectivity index (χ2n) is 12.0. The normalized spacial score (nSPS) is 10.6. The number of carbonyl (C=O) groups is 4. The molecular formula is C36H44KO26S4. The van der Waals surface area contributed by atoms with Gasteiger partial charge >= 0.3 is 23.9 Å². The maximum absolute atomic E-state index is 10.6. The molecule has 31 heteroatoms. The van der Waals surface area contributed by atoms with E-state index in [0.717, 1.165) is 74.2 Å². The van der Waals surface area contributed by atoms with Crippen molar-refractivity contribution in [2.75, 3.05) is 13.2 Å². The van der Waals surface area contributed by atoms with E-state index in [1.165, 1.54) is 0 Å². The van der Waals surface area contributed by atoms with Gasteiger partial charge in [0.2, 0.25) is 0 Å². The van der Waals surface area contributed by atoms with Gasteiger partial charge in [0.1, 0.15) is 45.3 Å². The molecule has 0 saturated heterocycles. The molecule has 67 heavy (non-hydrogen) atoms. The smallest absolute Gasteiger partial charge is 0.339 e. The topological polar surface area (TPSA) is 488 Å². The van der Waals surface area contributed by atoms with Crippen molar-refractivity contribution in [3.63, 3.8) is 0 Å². The fourth-order valence-electron chi connectivity index (χ4n) is 3.70. The van der Waals surface area contributed by atoms with Gasteiger partial charge in [-0.1, -0.05) is 26.7 Å². The molecule has 4 aromatic rings. The first-order valence-corrected chi connectivity index (χ1v) is 23.2. The monoisotopic (exact) mass is 1060 g/mol. The van der Waals surface area contributed by atoms with E-state index in [-0.39, 0.29) is 51.4 Å². The minimum absolute atomic E-state index is 0. The first-order chi connectivity index (χ1) is 30.1. The quantitative estimate of drug-likeness (QED) is 0.0716. The van der Waals surface area contributed by atoms with Crippen LogP contribution in [0, 0.1) is 0 Å². The molecule has 0 heterocycles. The molecule has 0 amide bonds. The van der Waals surface area contributed by atoms with Crippen molar-refractivity contribution in [2.45, 2.75) is 59.1 Å². The molecule has 369 valence electrons. The molecule has 0 saturated carbocycles. The number of hydrogen-bond donors (Lipinski definition) is 14. The van der Waals surface area contributed by atoms with E-state index in [1.54, 1.807) is 0 Å². The molecule has 0 aliphatic rings. The predicted octanol–water partition coefficient (Wildman–Crippen LogP) is 2.53. The van der Waals surface area contributed by atoms with E-state index in [9.17, 15) is 52.8 Å². The zero-order valence-electron chi connectivity index (χ0n) is 35.0. The third kappa shape index (κ3) is 25.8. The Morgan fingerprint density at radius 2 is 0.552 bits per heavy atom. The average molecular weight is 1060 g/mol. The SMILES string of the molecule is CCCCO.CCCCO.O=C(O)c1cc(S(=O)(=O)O)ccc1O.O=C(O)c1cc(S(=O)(=O)O)ccc1O.O=C(O)c1cc(S(=O)(=O)O)ccc1O.O=C(O)c1cc(S(=O)(=O)O)ccc1O.[K]. The summed E-state index contributed by atoms with van der Waals surface area (Å²) >= 11 is 0. The van der Waals surface area contributed by atoms with Crippen LogP contribution in [0.25, 0.3) is 0 Å². The van der Waals surface area contributed by atoms with Crippen LogP contribution in [0.2, 0.25) is 0 Å². The van der Waals surface area contributed by atoms with Crippen molar-refractivity contribution in [3.8, 4) is 23.0 Å². The minimum atomic E-state index is -4.45. The Bertz CT molecular complexity index is 2380. The summed E-state index contributed by atoms with van der Waals surface area (Å²) in [5.41, 5.74) is -2.33. The third-order valence-corrected chi connectivity index (χ3v) is 10.4. The predicted molar refractivity (Wildman–Crippen MR) is 229 cm³/mol. The maximum atomic E-state index is 10.6. The number of aliphatic hydroxyl groups excluding tert-OH is 2. The molecule has 0 atom stereocenters. The Morgan fingerprint density at radius 3 is 0.642 bits per heavy atom. The fourth-order valence-corrected chi connectivity index (χ4v) is 5.73. The van der Waals surface area contributed by atoms with Crippen molar-refractivity contribution in [3.05, 3.63) is 95.1 Å². The Morgan fingerprint density at radius 1 is 0.388 bits per heavy atom. The van der Waals surface area contributed by atoms with Gasteiger partial charge in [-0.2, -0.15) is 33.7 Å². The van der Waals surface area contributed by atoms with Crippen LogP contribution in [0.3, 0.4) is 0 Å². The van der Waals surface area contributed by atoms with Crippen LogP contribution in [0.4, 0.5) is 0 Å². The van der Waals surface area contributed by atoms with Crippen molar-refractivity contribution < 1.29 is 122 Å². The van der Waals surface area contributed by atoms with Crippen LogP contribution >= 0.6 is 0 Å². The Balaban J connectivity index is -0.000000759. The number of hydrogen-bond acceptors (Lipinski definition) is 18. The van der Waals surface area contributed by atoms with Crippen LogP contribution in [0.1, 0.15) is 81.0 Å². The van der Waals surface area contributed by atoms with Crippen LogP contribution < -0.4 is 0 Å². The number of benzene rings is 4. The molecule has 4 aromatic carbocycles. The molecule has 0 unspecified atom stereocenters. The van der Waals surface area contributed by atoms with E-state index in [2.05, 4.69) is 13.8 Å². The fraction of sp³-hybridized carbons (Fsp3) is 0.222. The summed E-state index contributed by atoms with van der Waals surface area (Å²) in [4.78, 5) is 39.6. The summed E-state index contributed by atoms with van der Waals surface area (Å²) in [5, 5.41) is 86.3. The van der Waals surface area contributed by atoms with Crippen LogP contribution in [-0.2, 0) is 40.5 Å². The van der Waals surface area contributed by atoms with Crippen LogP contribution in [-0.4, -0.2) is 191 Å². The van der Waals surface area contributed by atoms with Crippen LogP contribution in [0.5, 0.6) is 23.0 Å². The minimum Gasteiger partial charge on any atom is -0.507 e. The standard InChI is InChI=1S/4C7H6O6S.2C4H10O.K/c4*8-6-2-1-4(14(11,12)13)3-5(6)7(9)10;2*1-2-3-4-5;/h4*1-3,8H,(H,9,10)(H,11,12,13);2*5H,2-4H2,1H3;. The largest absolute Gasteiger partial charge is 0.507 e. The van der Waals surface area contributed by atoms with Gasteiger partial charge in [0, 0.05) is 64.6 Å². The first-order valence-electron chi connectivity index (χ1n) is 17.5. The molecule has 26 nitrogen and oxygen atoms in total. The maximum Gasteiger partial charge on any atom is 0.339 e. The van der Waals surface area contributed by atoms with Crippen LogP contribution in [0.15, 0.2) is 92.4 Å². The molecule has 0 spiro atoms. The number of aliphatic hydroxyl groups is 2. The number of phenols is 4. The Hall–Kier alpha value is -4.84. The summed E-state index contributed by atoms with van der Waals surface area (Å²) in [5.74, 6) is -8.17. The summed E-state index contributed by atoms with van der Waals surface area (Å²) in [6, 6.07) is 9.82. The molecule has 0 fully saturated rings. The van der Waals surface area contributed by atoms with E-state index >= 15 is 0 Å². The third-order valence-electron chi connectivity index (χ3n) is 7.01. The van der Waals surface area contributed by atoms with Crippen molar-refractivity contribution in [1.82, 2.24) is 0 Å². The van der Waals surface area contributed by atoms with E-state index < -0.39 is 129 Å². The number of rotatable bonds is 12. The van der Waals surface area contributed by atoms with Gasteiger partial charge in [-0.15, -0.1) is 0 Å². The summed E-state index contributed by atoms with van der Waals surface area (Å²) < 4.78 is 119. The molecule has 4 rings (SSSR count). The molecule has 0 aliphatic carbocycles. The van der Waals surface area contributed by atoms with Gasteiger partial charge in [-0.25, -0.2) is 19.2 Å².